The Morgan fingerprint density at radius 1 is 1.35 bits per heavy atom. The Morgan fingerprint density at radius 2 is 2.00 bits per heavy atom. The van der Waals surface area contributed by atoms with Crippen LogP contribution < -0.4 is 4.74 Å². The van der Waals surface area contributed by atoms with Crippen LogP contribution >= 0.6 is 0 Å². The predicted molar refractivity (Wildman–Crippen MR) is 84.0 cm³/mol. The quantitative estimate of drug-likeness (QED) is 0.935. The Kier molecular flexibility index (Phi) is 4.31. The third kappa shape index (κ3) is 3.61. The fraction of sp³-hybridized carbons (Fsp3) is 0.438. The van der Waals surface area contributed by atoms with Gasteiger partial charge >= 0.3 is 12.1 Å². The number of hydrogen-bond donors (Lipinski definition) is 1. The molecule has 0 radical (unpaired) electrons. The average Bonchev–Trinajstić information content (AvgIpc) is 2.73. The largest absolute Gasteiger partial charge is 0.481 e. The number of hydrogen-bond acceptors (Lipinski definition) is 5. The van der Waals surface area contributed by atoms with Crippen molar-refractivity contribution in [2.24, 2.45) is 0 Å². The maximum Gasteiger partial charge on any atom is 0.419 e. The van der Waals surface area contributed by atoms with Crippen molar-refractivity contribution in [3.05, 3.63) is 23.4 Å². The van der Waals surface area contributed by atoms with Gasteiger partial charge in [0.2, 0.25) is 5.88 Å². The Bertz CT molecular complexity index is 771. The highest BCUT2D eigenvalue weighted by Gasteiger charge is 2.23. The average molecular weight is 320 g/mol. The molecule has 2 aromatic heterocycles. The van der Waals surface area contributed by atoms with E-state index in [1.165, 1.54) is 17.9 Å². The van der Waals surface area contributed by atoms with E-state index in [-0.39, 0.29) is 6.42 Å². The van der Waals surface area contributed by atoms with E-state index in [2.05, 4.69) is 4.98 Å². The van der Waals surface area contributed by atoms with Gasteiger partial charge in [-0.25, -0.2) is 9.78 Å². The minimum atomic E-state index is -1.01. The molecule has 2 aromatic rings. The van der Waals surface area contributed by atoms with Gasteiger partial charge in [-0.15, -0.1) is 0 Å². The van der Waals surface area contributed by atoms with Crippen LogP contribution in [0.25, 0.3) is 11.0 Å². The van der Waals surface area contributed by atoms with Crippen molar-refractivity contribution in [2.75, 3.05) is 7.11 Å². The number of carbonyl (C=O) groups is 2. The predicted octanol–water partition coefficient (Wildman–Crippen LogP) is 2.76. The van der Waals surface area contributed by atoms with Crippen molar-refractivity contribution in [2.45, 2.75) is 39.7 Å². The molecule has 0 atom stereocenters. The number of methoxy groups -OCH3 is 1. The second-order valence-corrected chi connectivity index (χ2v) is 6.26. The molecular formula is C16H20N2O5. The Hall–Kier alpha value is -2.57. The van der Waals surface area contributed by atoms with Crippen molar-refractivity contribution in [3.63, 3.8) is 0 Å². The molecule has 2 heterocycles. The molecule has 0 amide bonds. The summed E-state index contributed by atoms with van der Waals surface area (Å²) in [7, 11) is 1.49. The first-order valence-electron chi connectivity index (χ1n) is 7.13. The van der Waals surface area contributed by atoms with Crippen molar-refractivity contribution < 1.29 is 24.2 Å². The normalized spacial score (nSPS) is 11.5. The molecule has 0 saturated heterocycles. The fourth-order valence-corrected chi connectivity index (χ4v) is 2.25. The van der Waals surface area contributed by atoms with Crippen LogP contribution in [-0.4, -0.2) is 39.4 Å². The molecule has 7 heteroatoms. The van der Waals surface area contributed by atoms with Gasteiger partial charge in [-0.05, 0) is 33.8 Å². The molecule has 0 fully saturated rings. The summed E-state index contributed by atoms with van der Waals surface area (Å²) < 4.78 is 11.8. The summed E-state index contributed by atoms with van der Waals surface area (Å²) in [5, 5.41) is 9.06. The van der Waals surface area contributed by atoms with Crippen LogP contribution in [0.3, 0.4) is 0 Å². The summed E-state index contributed by atoms with van der Waals surface area (Å²) >= 11 is 0. The van der Waals surface area contributed by atoms with Gasteiger partial charge in [0.1, 0.15) is 5.60 Å². The van der Waals surface area contributed by atoms with Crippen molar-refractivity contribution >= 4 is 23.1 Å². The Labute approximate surface area is 133 Å². The molecule has 0 aliphatic rings. The van der Waals surface area contributed by atoms with Crippen LogP contribution in [0.5, 0.6) is 5.88 Å². The van der Waals surface area contributed by atoms with E-state index in [0.29, 0.717) is 22.5 Å². The van der Waals surface area contributed by atoms with E-state index in [9.17, 15) is 9.59 Å². The SMILES string of the molecule is COc1nc2c(CC(=O)O)cn(C(=O)OC(C)(C)C)c2cc1C. The van der Waals surface area contributed by atoms with Gasteiger partial charge in [-0.2, -0.15) is 0 Å². The Morgan fingerprint density at radius 3 is 2.52 bits per heavy atom. The van der Waals surface area contributed by atoms with Gasteiger partial charge in [0.25, 0.3) is 0 Å². The maximum atomic E-state index is 12.4. The lowest BCUT2D eigenvalue weighted by molar-refractivity contribution is -0.136. The van der Waals surface area contributed by atoms with Crippen LogP contribution in [0, 0.1) is 6.92 Å². The Balaban J connectivity index is 2.63. The number of nitrogens with zero attached hydrogens (tertiary/aromatic N) is 2. The third-order valence-electron chi connectivity index (χ3n) is 3.12. The number of fused-ring (bicyclic) bond motifs is 1. The molecule has 0 aromatic carbocycles. The fourth-order valence-electron chi connectivity index (χ4n) is 2.25. The van der Waals surface area contributed by atoms with Crippen LogP contribution in [0.15, 0.2) is 12.3 Å². The molecule has 23 heavy (non-hydrogen) atoms. The molecular weight excluding hydrogens is 300 g/mol. The van der Waals surface area contributed by atoms with Crippen LogP contribution in [0.2, 0.25) is 0 Å². The number of aryl methyl sites for hydroxylation is 1. The highest BCUT2D eigenvalue weighted by atomic mass is 16.6. The van der Waals surface area contributed by atoms with Gasteiger partial charge in [0.15, 0.2) is 0 Å². The van der Waals surface area contributed by atoms with Gasteiger partial charge in [-0.3, -0.25) is 9.36 Å². The van der Waals surface area contributed by atoms with Gasteiger partial charge in [0, 0.05) is 17.3 Å². The lowest BCUT2D eigenvalue weighted by atomic mass is 10.2. The molecule has 0 aliphatic heterocycles. The highest BCUT2D eigenvalue weighted by Crippen LogP contribution is 2.27. The molecule has 0 bridgehead atoms. The van der Waals surface area contributed by atoms with Crippen molar-refractivity contribution in [1.29, 1.82) is 0 Å². The highest BCUT2D eigenvalue weighted by molar-refractivity contribution is 5.92. The number of pyridine rings is 1. The number of carboxylic acids is 1. The molecule has 1 N–H and O–H groups in total. The standard InChI is InChI=1S/C16H20N2O5/c1-9-6-11-13(17-14(9)22-5)10(7-12(19)20)8-18(11)15(21)23-16(2,3)4/h6,8H,7H2,1-5H3,(H,19,20). The van der Waals surface area contributed by atoms with E-state index >= 15 is 0 Å². The van der Waals surface area contributed by atoms with E-state index in [1.807, 2.05) is 0 Å². The molecule has 124 valence electrons. The van der Waals surface area contributed by atoms with E-state index in [1.54, 1.807) is 33.8 Å². The zero-order valence-corrected chi connectivity index (χ0v) is 13.8. The zero-order valence-electron chi connectivity index (χ0n) is 13.8. The molecule has 0 saturated carbocycles. The maximum absolute atomic E-state index is 12.4. The summed E-state index contributed by atoms with van der Waals surface area (Å²) in [4.78, 5) is 27.8. The monoisotopic (exact) mass is 320 g/mol. The smallest absolute Gasteiger partial charge is 0.419 e. The molecule has 0 spiro atoms. The van der Waals surface area contributed by atoms with Gasteiger partial charge in [-0.1, -0.05) is 0 Å². The van der Waals surface area contributed by atoms with Crippen molar-refractivity contribution in [1.82, 2.24) is 9.55 Å². The lowest BCUT2D eigenvalue weighted by Crippen LogP contribution is -2.26. The van der Waals surface area contributed by atoms with Gasteiger partial charge < -0.3 is 14.6 Å². The summed E-state index contributed by atoms with van der Waals surface area (Å²) in [6.07, 6.45) is 0.634. The second kappa shape index (κ2) is 5.91. The molecule has 7 nitrogen and oxygen atoms in total. The zero-order chi connectivity index (χ0) is 17.4. The van der Waals surface area contributed by atoms with Crippen LogP contribution in [0.4, 0.5) is 4.79 Å². The van der Waals surface area contributed by atoms with Gasteiger partial charge in [0.05, 0.1) is 24.6 Å². The number of carbonyl (C=O) groups excluding carboxylic acids is 1. The van der Waals surface area contributed by atoms with Crippen LogP contribution in [-0.2, 0) is 16.0 Å². The number of carboxylic acid groups (broad SMARTS) is 1. The molecule has 0 unspecified atom stereocenters. The lowest BCUT2D eigenvalue weighted by Gasteiger charge is -2.19. The minimum Gasteiger partial charge on any atom is -0.481 e. The first kappa shape index (κ1) is 16.8. The molecule has 0 aliphatic carbocycles. The third-order valence-corrected chi connectivity index (χ3v) is 3.12. The first-order valence-corrected chi connectivity index (χ1v) is 7.13. The van der Waals surface area contributed by atoms with Crippen LogP contribution in [0.1, 0.15) is 31.9 Å². The number of aromatic nitrogens is 2. The summed E-state index contributed by atoms with van der Waals surface area (Å²) in [5.74, 6) is -0.611. The molecule has 2 rings (SSSR count). The minimum absolute atomic E-state index is 0.245. The van der Waals surface area contributed by atoms with E-state index in [0.717, 1.165) is 5.56 Å². The second-order valence-electron chi connectivity index (χ2n) is 6.26. The van der Waals surface area contributed by atoms with E-state index < -0.39 is 17.7 Å². The summed E-state index contributed by atoms with van der Waals surface area (Å²) in [6, 6.07) is 1.73. The van der Waals surface area contributed by atoms with Crippen molar-refractivity contribution in [3.8, 4) is 5.88 Å². The number of ether oxygens (including phenoxy) is 2. The summed E-state index contributed by atoms with van der Waals surface area (Å²) in [6.45, 7) is 7.10. The summed E-state index contributed by atoms with van der Waals surface area (Å²) in [5.41, 5.74) is 1.42. The number of aliphatic carboxylic acids is 1. The topological polar surface area (TPSA) is 90.6 Å². The van der Waals surface area contributed by atoms with E-state index in [4.69, 9.17) is 14.6 Å². The first-order chi connectivity index (χ1) is 10.6. The number of rotatable bonds is 3.